The van der Waals surface area contributed by atoms with E-state index in [2.05, 4.69) is 43.2 Å². The molecule has 1 heterocycles. The van der Waals surface area contributed by atoms with Gasteiger partial charge in [0.15, 0.2) is 0 Å². The smallest absolute Gasteiger partial charge is 0.119 e. The third-order valence-corrected chi connectivity index (χ3v) is 5.24. The van der Waals surface area contributed by atoms with Crippen LogP contribution in [0.2, 0.25) is 0 Å². The highest BCUT2D eigenvalue weighted by atomic mass is 16.5. The Morgan fingerprint density at radius 3 is 2.58 bits per heavy atom. The van der Waals surface area contributed by atoms with Crippen molar-refractivity contribution in [2.45, 2.75) is 64.8 Å². The van der Waals surface area contributed by atoms with E-state index < -0.39 is 5.60 Å². The van der Waals surface area contributed by atoms with Crippen molar-refractivity contribution in [3.63, 3.8) is 0 Å². The number of hydrogen-bond donors (Lipinski definition) is 2. The van der Waals surface area contributed by atoms with Gasteiger partial charge >= 0.3 is 0 Å². The highest BCUT2D eigenvalue weighted by Gasteiger charge is 2.40. The fourth-order valence-corrected chi connectivity index (χ4v) is 3.49. The molecule has 1 aliphatic heterocycles. The standard InChI is InChI=1S/C20H34N2O2/c1-15(2)24-19-8-6-18(7-9-19)13-21-11-10-20(23)12-17(4)22(5)14-16(20)3/h6-9,15-17,21,23H,10-14H2,1-5H3. The van der Waals surface area contributed by atoms with E-state index in [9.17, 15) is 5.11 Å². The Hall–Kier alpha value is -1.10. The average molecular weight is 335 g/mol. The van der Waals surface area contributed by atoms with Crippen LogP contribution >= 0.6 is 0 Å². The number of aliphatic hydroxyl groups is 1. The fraction of sp³-hybridized carbons (Fsp3) is 0.700. The van der Waals surface area contributed by atoms with Crippen molar-refractivity contribution in [3.8, 4) is 5.75 Å². The molecule has 4 nitrogen and oxygen atoms in total. The molecule has 1 aromatic carbocycles. The van der Waals surface area contributed by atoms with Gasteiger partial charge in [-0.15, -0.1) is 0 Å². The van der Waals surface area contributed by atoms with E-state index in [0.717, 1.165) is 38.2 Å². The van der Waals surface area contributed by atoms with Crippen LogP contribution in [-0.2, 0) is 6.54 Å². The Morgan fingerprint density at radius 2 is 1.96 bits per heavy atom. The topological polar surface area (TPSA) is 44.7 Å². The lowest BCUT2D eigenvalue weighted by Crippen LogP contribution is -2.54. The molecule has 1 fully saturated rings. The van der Waals surface area contributed by atoms with Crippen molar-refractivity contribution in [2.75, 3.05) is 20.1 Å². The zero-order chi connectivity index (χ0) is 17.7. The van der Waals surface area contributed by atoms with Crippen LogP contribution in [0.25, 0.3) is 0 Å². The Kier molecular flexibility index (Phi) is 6.67. The number of nitrogens with zero attached hydrogens (tertiary/aromatic N) is 1. The van der Waals surface area contributed by atoms with E-state index in [4.69, 9.17) is 4.74 Å². The summed E-state index contributed by atoms with van der Waals surface area (Å²) in [4.78, 5) is 2.34. The number of nitrogens with one attached hydrogen (secondary N) is 1. The maximum Gasteiger partial charge on any atom is 0.119 e. The monoisotopic (exact) mass is 334 g/mol. The molecule has 0 radical (unpaired) electrons. The normalized spacial score (nSPS) is 28.3. The quantitative estimate of drug-likeness (QED) is 0.752. The molecule has 1 aromatic rings. The molecule has 1 aliphatic rings. The summed E-state index contributed by atoms with van der Waals surface area (Å²) >= 11 is 0. The maximum absolute atomic E-state index is 11.0. The van der Waals surface area contributed by atoms with Gasteiger partial charge in [-0.2, -0.15) is 0 Å². The molecule has 24 heavy (non-hydrogen) atoms. The molecule has 0 bridgehead atoms. The van der Waals surface area contributed by atoms with E-state index in [1.165, 1.54) is 5.56 Å². The Bertz CT molecular complexity index is 503. The fourth-order valence-electron chi connectivity index (χ4n) is 3.49. The molecule has 136 valence electrons. The van der Waals surface area contributed by atoms with Gasteiger partial charge in [-0.25, -0.2) is 0 Å². The summed E-state index contributed by atoms with van der Waals surface area (Å²) in [7, 11) is 2.14. The van der Waals surface area contributed by atoms with E-state index in [1.807, 2.05) is 26.0 Å². The second kappa shape index (κ2) is 8.32. The number of likely N-dealkylation sites (tertiary alicyclic amines) is 1. The van der Waals surface area contributed by atoms with Crippen LogP contribution in [0.5, 0.6) is 5.75 Å². The van der Waals surface area contributed by atoms with Crippen molar-refractivity contribution in [1.29, 1.82) is 0 Å². The zero-order valence-electron chi connectivity index (χ0n) is 15.9. The highest BCUT2D eigenvalue weighted by molar-refractivity contribution is 5.27. The molecule has 2 N–H and O–H groups in total. The third-order valence-electron chi connectivity index (χ3n) is 5.24. The average Bonchev–Trinajstić information content (AvgIpc) is 2.51. The summed E-state index contributed by atoms with van der Waals surface area (Å²) in [5, 5.41) is 14.4. The molecular weight excluding hydrogens is 300 g/mol. The van der Waals surface area contributed by atoms with Crippen molar-refractivity contribution < 1.29 is 9.84 Å². The van der Waals surface area contributed by atoms with E-state index in [-0.39, 0.29) is 6.10 Å². The SMILES string of the molecule is CC(C)Oc1ccc(CNCCC2(O)CC(C)N(C)CC2C)cc1. The molecule has 1 saturated heterocycles. The van der Waals surface area contributed by atoms with Gasteiger partial charge in [-0.05, 0) is 70.8 Å². The zero-order valence-corrected chi connectivity index (χ0v) is 15.9. The number of benzene rings is 1. The summed E-state index contributed by atoms with van der Waals surface area (Å²) in [5.41, 5.74) is 0.691. The van der Waals surface area contributed by atoms with E-state index >= 15 is 0 Å². The minimum Gasteiger partial charge on any atom is -0.491 e. The van der Waals surface area contributed by atoms with Crippen LogP contribution in [0.15, 0.2) is 24.3 Å². The van der Waals surface area contributed by atoms with E-state index in [0.29, 0.717) is 12.0 Å². The molecule has 0 spiro atoms. The molecule has 0 aliphatic carbocycles. The van der Waals surface area contributed by atoms with Gasteiger partial charge in [0.1, 0.15) is 5.75 Å². The Labute approximate surface area is 147 Å². The largest absolute Gasteiger partial charge is 0.491 e. The van der Waals surface area contributed by atoms with Gasteiger partial charge in [-0.3, -0.25) is 0 Å². The molecule has 3 atom stereocenters. The molecule has 0 aromatic heterocycles. The number of hydrogen-bond acceptors (Lipinski definition) is 4. The highest BCUT2D eigenvalue weighted by Crippen LogP contribution is 2.33. The van der Waals surface area contributed by atoms with Crippen LogP contribution in [0.4, 0.5) is 0 Å². The first-order valence-electron chi connectivity index (χ1n) is 9.19. The number of piperidine rings is 1. The molecule has 0 amide bonds. The van der Waals surface area contributed by atoms with Crippen molar-refractivity contribution >= 4 is 0 Å². The maximum atomic E-state index is 11.0. The molecule has 4 heteroatoms. The minimum absolute atomic E-state index is 0.202. The Morgan fingerprint density at radius 1 is 1.29 bits per heavy atom. The van der Waals surface area contributed by atoms with Crippen molar-refractivity contribution in [2.24, 2.45) is 5.92 Å². The van der Waals surface area contributed by atoms with Gasteiger partial charge in [-0.1, -0.05) is 19.1 Å². The second-order valence-electron chi connectivity index (χ2n) is 7.73. The van der Waals surface area contributed by atoms with Crippen LogP contribution in [0, 0.1) is 5.92 Å². The molecular formula is C20H34N2O2. The lowest BCUT2D eigenvalue weighted by atomic mass is 9.77. The van der Waals surface area contributed by atoms with E-state index in [1.54, 1.807) is 0 Å². The van der Waals surface area contributed by atoms with Gasteiger partial charge in [0.2, 0.25) is 0 Å². The van der Waals surface area contributed by atoms with Crippen LogP contribution in [0.3, 0.4) is 0 Å². The first-order chi connectivity index (χ1) is 11.3. The summed E-state index contributed by atoms with van der Waals surface area (Å²) in [6.45, 7) is 11.1. The molecule has 3 unspecified atom stereocenters. The summed E-state index contributed by atoms with van der Waals surface area (Å²) in [6.07, 6.45) is 1.86. The van der Waals surface area contributed by atoms with Crippen molar-refractivity contribution in [3.05, 3.63) is 29.8 Å². The first kappa shape index (κ1) is 19.2. The first-order valence-corrected chi connectivity index (χ1v) is 9.19. The predicted octanol–water partition coefficient (Wildman–Crippen LogP) is 3.04. The van der Waals surface area contributed by atoms with Gasteiger partial charge in [0, 0.05) is 19.1 Å². The summed E-state index contributed by atoms with van der Waals surface area (Å²) < 4.78 is 5.66. The van der Waals surface area contributed by atoms with Crippen LogP contribution in [0.1, 0.15) is 46.1 Å². The Balaban J connectivity index is 1.76. The third kappa shape index (κ3) is 5.20. The lowest BCUT2D eigenvalue weighted by Gasteiger charge is -2.46. The van der Waals surface area contributed by atoms with Gasteiger partial charge in [0.05, 0.1) is 11.7 Å². The second-order valence-corrected chi connectivity index (χ2v) is 7.73. The van der Waals surface area contributed by atoms with Crippen LogP contribution < -0.4 is 10.1 Å². The van der Waals surface area contributed by atoms with Gasteiger partial charge in [0.25, 0.3) is 0 Å². The van der Waals surface area contributed by atoms with Crippen LogP contribution in [-0.4, -0.2) is 47.9 Å². The predicted molar refractivity (Wildman–Crippen MR) is 99.4 cm³/mol. The lowest BCUT2D eigenvalue weighted by molar-refractivity contribution is -0.0831. The molecule has 0 saturated carbocycles. The minimum atomic E-state index is -0.548. The summed E-state index contributed by atoms with van der Waals surface area (Å²) in [5.74, 6) is 1.23. The number of ether oxygens (including phenoxy) is 1. The summed E-state index contributed by atoms with van der Waals surface area (Å²) in [6, 6.07) is 8.68. The van der Waals surface area contributed by atoms with Crippen molar-refractivity contribution in [1.82, 2.24) is 10.2 Å². The molecule has 2 rings (SSSR count). The number of rotatable bonds is 7. The van der Waals surface area contributed by atoms with Gasteiger partial charge < -0.3 is 20.1 Å².